The average Bonchev–Trinajstić information content (AvgIpc) is 2.66. The van der Waals surface area contributed by atoms with Crippen molar-refractivity contribution in [2.24, 2.45) is 0 Å². The lowest BCUT2D eigenvalue weighted by atomic mass is 10.1. The quantitative estimate of drug-likeness (QED) is 0.940. The molecule has 0 atom stereocenters. The first-order valence-electron chi connectivity index (χ1n) is 6.18. The summed E-state index contributed by atoms with van der Waals surface area (Å²) in [4.78, 5) is 0. The summed E-state index contributed by atoms with van der Waals surface area (Å²) >= 11 is 0. The number of alkyl halides is 3. The Morgan fingerprint density at radius 3 is 2.55 bits per heavy atom. The van der Waals surface area contributed by atoms with Crippen molar-refractivity contribution in [2.75, 3.05) is 6.61 Å². The predicted molar refractivity (Wildman–Crippen MR) is 68.8 cm³/mol. The molecule has 0 saturated carbocycles. The number of aliphatic hydroxyl groups is 1. The van der Waals surface area contributed by atoms with Crippen LogP contribution in [0.4, 0.5) is 13.2 Å². The average molecular weight is 284 g/mol. The Labute approximate surface area is 114 Å². The maximum atomic E-state index is 12.7. The summed E-state index contributed by atoms with van der Waals surface area (Å²) in [6.45, 7) is 3.54. The third-order valence-electron chi connectivity index (χ3n) is 3.22. The lowest BCUT2D eigenvalue weighted by molar-refractivity contribution is -0.137. The fourth-order valence-corrected chi connectivity index (χ4v) is 2.21. The molecule has 0 unspecified atom stereocenters. The monoisotopic (exact) mass is 284 g/mol. The van der Waals surface area contributed by atoms with Crippen LogP contribution in [-0.2, 0) is 12.6 Å². The van der Waals surface area contributed by atoms with Gasteiger partial charge in [-0.25, -0.2) is 4.68 Å². The van der Waals surface area contributed by atoms with Gasteiger partial charge in [0.15, 0.2) is 0 Å². The molecule has 2 rings (SSSR count). The Balaban J connectivity index is 2.50. The van der Waals surface area contributed by atoms with E-state index in [0.29, 0.717) is 17.8 Å². The Morgan fingerprint density at radius 2 is 1.95 bits per heavy atom. The molecule has 0 fully saturated rings. The number of aromatic nitrogens is 2. The van der Waals surface area contributed by atoms with Crippen LogP contribution in [0, 0.1) is 13.8 Å². The minimum atomic E-state index is -4.37. The van der Waals surface area contributed by atoms with E-state index < -0.39 is 11.7 Å². The largest absolute Gasteiger partial charge is 0.416 e. The van der Waals surface area contributed by atoms with E-state index in [9.17, 15) is 13.2 Å². The topological polar surface area (TPSA) is 38.0 Å². The van der Waals surface area contributed by atoms with Crippen molar-refractivity contribution in [1.29, 1.82) is 0 Å². The van der Waals surface area contributed by atoms with E-state index in [1.54, 1.807) is 19.9 Å². The van der Waals surface area contributed by atoms with Crippen LogP contribution < -0.4 is 0 Å². The van der Waals surface area contributed by atoms with Crippen LogP contribution in [0.15, 0.2) is 24.3 Å². The van der Waals surface area contributed by atoms with Crippen molar-refractivity contribution >= 4 is 0 Å². The summed E-state index contributed by atoms with van der Waals surface area (Å²) in [6, 6.07) is 5.05. The second-order valence-electron chi connectivity index (χ2n) is 4.58. The molecule has 0 radical (unpaired) electrons. The standard InChI is InChI=1S/C14H15F3N2O/c1-9-13(6-7-20)10(2)19(18-9)12-5-3-4-11(8-12)14(15,16)17/h3-5,8,20H,6-7H2,1-2H3. The fourth-order valence-electron chi connectivity index (χ4n) is 2.21. The fraction of sp³-hybridized carbons (Fsp3) is 0.357. The molecular weight excluding hydrogens is 269 g/mol. The Kier molecular flexibility index (Phi) is 3.85. The molecule has 1 heterocycles. The van der Waals surface area contributed by atoms with Gasteiger partial charge in [0.1, 0.15) is 0 Å². The normalized spacial score (nSPS) is 11.9. The third kappa shape index (κ3) is 2.70. The number of aryl methyl sites for hydroxylation is 1. The van der Waals surface area contributed by atoms with Crippen LogP contribution in [0.1, 0.15) is 22.5 Å². The number of halogens is 3. The van der Waals surface area contributed by atoms with Gasteiger partial charge in [0.05, 0.1) is 16.9 Å². The lowest BCUT2D eigenvalue weighted by Crippen LogP contribution is -2.07. The van der Waals surface area contributed by atoms with Gasteiger partial charge in [-0.05, 0) is 44.0 Å². The smallest absolute Gasteiger partial charge is 0.396 e. The van der Waals surface area contributed by atoms with Gasteiger partial charge in [-0.15, -0.1) is 0 Å². The number of nitrogens with zero attached hydrogens (tertiary/aromatic N) is 2. The number of rotatable bonds is 3. The number of aliphatic hydroxyl groups excluding tert-OH is 1. The highest BCUT2D eigenvalue weighted by atomic mass is 19.4. The maximum absolute atomic E-state index is 12.7. The van der Waals surface area contributed by atoms with E-state index in [1.807, 2.05) is 0 Å². The SMILES string of the molecule is Cc1nn(-c2cccc(C(F)(F)F)c2)c(C)c1CCO. The first-order chi connectivity index (χ1) is 9.34. The van der Waals surface area contributed by atoms with Gasteiger partial charge in [-0.2, -0.15) is 18.3 Å². The van der Waals surface area contributed by atoms with Gasteiger partial charge >= 0.3 is 6.18 Å². The molecule has 108 valence electrons. The summed E-state index contributed by atoms with van der Waals surface area (Å²) < 4.78 is 39.7. The minimum absolute atomic E-state index is 0.0179. The number of benzene rings is 1. The highest BCUT2D eigenvalue weighted by molar-refractivity contribution is 5.40. The Hall–Kier alpha value is -1.82. The van der Waals surface area contributed by atoms with Gasteiger partial charge in [0.2, 0.25) is 0 Å². The molecule has 0 aliphatic heterocycles. The Morgan fingerprint density at radius 1 is 1.25 bits per heavy atom. The molecule has 0 aliphatic carbocycles. The Bertz CT molecular complexity index is 617. The van der Waals surface area contributed by atoms with E-state index >= 15 is 0 Å². The molecule has 0 saturated heterocycles. The molecule has 3 nitrogen and oxygen atoms in total. The van der Waals surface area contributed by atoms with Crippen molar-refractivity contribution in [2.45, 2.75) is 26.4 Å². The first-order valence-corrected chi connectivity index (χ1v) is 6.18. The summed E-state index contributed by atoms with van der Waals surface area (Å²) in [7, 11) is 0. The molecule has 0 aliphatic rings. The summed E-state index contributed by atoms with van der Waals surface area (Å²) in [5, 5.41) is 13.3. The molecular formula is C14H15F3N2O. The van der Waals surface area contributed by atoms with Gasteiger partial charge in [0, 0.05) is 12.3 Å². The molecule has 1 aromatic carbocycles. The van der Waals surface area contributed by atoms with Gasteiger partial charge in [-0.1, -0.05) is 6.07 Å². The molecule has 6 heteroatoms. The van der Waals surface area contributed by atoms with Crippen molar-refractivity contribution in [1.82, 2.24) is 9.78 Å². The van der Waals surface area contributed by atoms with Crippen LogP contribution >= 0.6 is 0 Å². The van der Waals surface area contributed by atoms with E-state index in [0.717, 1.165) is 23.4 Å². The summed E-state index contributed by atoms with van der Waals surface area (Å²) in [5.41, 5.74) is 1.99. The van der Waals surface area contributed by atoms with E-state index in [2.05, 4.69) is 5.10 Å². The van der Waals surface area contributed by atoms with E-state index in [1.165, 1.54) is 10.7 Å². The van der Waals surface area contributed by atoms with Gasteiger partial charge in [-0.3, -0.25) is 0 Å². The molecule has 0 bridgehead atoms. The molecule has 2 aromatic rings. The first kappa shape index (κ1) is 14.6. The van der Waals surface area contributed by atoms with Crippen molar-refractivity contribution in [3.05, 3.63) is 46.8 Å². The summed E-state index contributed by atoms with van der Waals surface area (Å²) in [5.74, 6) is 0. The highest BCUT2D eigenvalue weighted by Crippen LogP contribution is 2.30. The molecule has 0 spiro atoms. The number of hydrogen-bond donors (Lipinski definition) is 1. The zero-order chi connectivity index (χ0) is 14.9. The van der Waals surface area contributed by atoms with Crippen LogP contribution in [0.25, 0.3) is 5.69 Å². The van der Waals surface area contributed by atoms with Gasteiger partial charge in [0.25, 0.3) is 0 Å². The molecule has 1 aromatic heterocycles. The van der Waals surface area contributed by atoms with Crippen molar-refractivity contribution in [3.63, 3.8) is 0 Å². The number of hydrogen-bond acceptors (Lipinski definition) is 2. The van der Waals surface area contributed by atoms with Crippen LogP contribution in [-0.4, -0.2) is 21.5 Å². The predicted octanol–water partition coefficient (Wildman–Crippen LogP) is 3.04. The zero-order valence-corrected chi connectivity index (χ0v) is 11.2. The molecule has 1 N–H and O–H groups in total. The molecule has 0 amide bonds. The van der Waals surface area contributed by atoms with Crippen LogP contribution in [0.2, 0.25) is 0 Å². The van der Waals surface area contributed by atoms with Crippen molar-refractivity contribution < 1.29 is 18.3 Å². The minimum Gasteiger partial charge on any atom is -0.396 e. The van der Waals surface area contributed by atoms with Crippen LogP contribution in [0.3, 0.4) is 0 Å². The second kappa shape index (κ2) is 5.28. The third-order valence-corrected chi connectivity index (χ3v) is 3.22. The highest BCUT2D eigenvalue weighted by Gasteiger charge is 2.30. The van der Waals surface area contributed by atoms with Crippen LogP contribution in [0.5, 0.6) is 0 Å². The zero-order valence-electron chi connectivity index (χ0n) is 11.2. The van der Waals surface area contributed by atoms with Gasteiger partial charge < -0.3 is 5.11 Å². The van der Waals surface area contributed by atoms with E-state index in [4.69, 9.17) is 5.11 Å². The maximum Gasteiger partial charge on any atom is 0.416 e. The second-order valence-corrected chi connectivity index (χ2v) is 4.58. The summed E-state index contributed by atoms with van der Waals surface area (Å²) in [6.07, 6.45) is -3.93. The van der Waals surface area contributed by atoms with E-state index in [-0.39, 0.29) is 6.61 Å². The van der Waals surface area contributed by atoms with Crippen molar-refractivity contribution in [3.8, 4) is 5.69 Å². The molecule has 20 heavy (non-hydrogen) atoms. The lowest BCUT2D eigenvalue weighted by Gasteiger charge is -2.10.